The number of hydrogen-bond acceptors (Lipinski definition) is 3. The lowest BCUT2D eigenvalue weighted by molar-refractivity contribution is 0.0963. The Hall–Kier alpha value is -1.39. The van der Waals surface area contributed by atoms with Gasteiger partial charge < -0.3 is 16.8 Å². The molecule has 0 aliphatic carbocycles. The van der Waals surface area contributed by atoms with Crippen LogP contribution in [0.4, 0.5) is 0 Å². The van der Waals surface area contributed by atoms with Crippen LogP contribution in [-0.4, -0.2) is 13.0 Å². The number of carbonyl (C=O) groups is 1. The van der Waals surface area contributed by atoms with Crippen molar-refractivity contribution in [2.24, 2.45) is 11.5 Å². The van der Waals surface area contributed by atoms with Gasteiger partial charge in [-0.1, -0.05) is 12.1 Å². The van der Waals surface area contributed by atoms with Gasteiger partial charge in [-0.2, -0.15) is 0 Å². The van der Waals surface area contributed by atoms with Crippen molar-refractivity contribution in [3.8, 4) is 0 Å². The lowest BCUT2D eigenvalue weighted by Gasteiger charge is -2.05. The van der Waals surface area contributed by atoms with Crippen LogP contribution in [0.1, 0.15) is 22.1 Å². The van der Waals surface area contributed by atoms with E-state index in [4.69, 9.17) is 11.5 Å². The number of benzene rings is 1. The van der Waals surface area contributed by atoms with E-state index in [1.807, 2.05) is 0 Å². The molecule has 0 spiro atoms. The average molecular weight is 179 g/mol. The van der Waals surface area contributed by atoms with Crippen LogP contribution in [0, 0.1) is 0 Å². The van der Waals surface area contributed by atoms with E-state index in [9.17, 15) is 4.79 Å². The number of carbonyl (C=O) groups excluding carboxylic acids is 1. The Morgan fingerprint density at radius 3 is 2.23 bits per heavy atom. The Labute approximate surface area is 76.9 Å². The number of nitrogens with two attached hydrogens (primary N) is 2. The molecular formula is C9H13N3O. The van der Waals surface area contributed by atoms with E-state index >= 15 is 0 Å². The zero-order valence-electron chi connectivity index (χ0n) is 7.45. The van der Waals surface area contributed by atoms with Gasteiger partial charge in [0, 0.05) is 12.6 Å². The van der Waals surface area contributed by atoms with E-state index in [-0.39, 0.29) is 5.91 Å². The molecule has 5 N–H and O–H groups in total. The highest BCUT2D eigenvalue weighted by atomic mass is 16.1. The van der Waals surface area contributed by atoms with Crippen LogP contribution in [0.2, 0.25) is 0 Å². The van der Waals surface area contributed by atoms with Crippen molar-refractivity contribution in [2.75, 3.05) is 7.05 Å². The van der Waals surface area contributed by atoms with Crippen molar-refractivity contribution < 1.29 is 4.79 Å². The molecular weight excluding hydrogens is 166 g/mol. The zero-order valence-corrected chi connectivity index (χ0v) is 7.45. The summed E-state index contributed by atoms with van der Waals surface area (Å²) < 4.78 is 0. The van der Waals surface area contributed by atoms with E-state index in [0.29, 0.717) is 5.56 Å². The Kier molecular flexibility index (Phi) is 3.00. The van der Waals surface area contributed by atoms with Gasteiger partial charge in [0.05, 0.1) is 6.17 Å². The predicted molar refractivity (Wildman–Crippen MR) is 50.9 cm³/mol. The van der Waals surface area contributed by atoms with Gasteiger partial charge in [-0.15, -0.1) is 0 Å². The van der Waals surface area contributed by atoms with Gasteiger partial charge in [0.1, 0.15) is 0 Å². The summed E-state index contributed by atoms with van der Waals surface area (Å²) in [4.78, 5) is 11.1. The number of nitrogens with one attached hydrogen (secondary N) is 1. The fourth-order valence-electron chi connectivity index (χ4n) is 1.00. The molecule has 4 heteroatoms. The van der Waals surface area contributed by atoms with Crippen molar-refractivity contribution in [2.45, 2.75) is 6.17 Å². The monoisotopic (exact) mass is 179 g/mol. The van der Waals surface area contributed by atoms with Gasteiger partial charge in [-0.05, 0) is 17.7 Å². The Morgan fingerprint density at radius 1 is 1.31 bits per heavy atom. The highest BCUT2D eigenvalue weighted by Gasteiger charge is 2.03. The second-order valence-electron chi connectivity index (χ2n) is 2.73. The van der Waals surface area contributed by atoms with Gasteiger partial charge in [0.25, 0.3) is 5.91 Å². The molecule has 13 heavy (non-hydrogen) atoms. The second kappa shape index (κ2) is 4.02. The van der Waals surface area contributed by atoms with Gasteiger partial charge in [0.2, 0.25) is 0 Å². The van der Waals surface area contributed by atoms with E-state index in [1.54, 1.807) is 31.3 Å². The van der Waals surface area contributed by atoms with Crippen LogP contribution in [0.5, 0.6) is 0 Å². The molecule has 70 valence electrons. The molecule has 0 heterocycles. The third-order valence-electron chi connectivity index (χ3n) is 1.78. The summed E-state index contributed by atoms with van der Waals surface area (Å²) in [5, 5.41) is 2.53. The molecule has 0 aliphatic heterocycles. The minimum atomic E-state index is -0.487. The Morgan fingerprint density at radius 2 is 1.85 bits per heavy atom. The van der Waals surface area contributed by atoms with Gasteiger partial charge >= 0.3 is 0 Å². The quantitative estimate of drug-likeness (QED) is 0.557. The first-order valence-corrected chi connectivity index (χ1v) is 3.98. The van der Waals surface area contributed by atoms with Crippen LogP contribution in [0.25, 0.3) is 0 Å². The summed E-state index contributed by atoms with van der Waals surface area (Å²) in [5.41, 5.74) is 12.3. The average Bonchev–Trinajstić information content (AvgIpc) is 2.17. The SMILES string of the molecule is CNC(=O)c1ccc(C(N)N)cc1. The maximum absolute atomic E-state index is 11.1. The second-order valence-corrected chi connectivity index (χ2v) is 2.73. The molecule has 0 aromatic heterocycles. The normalized spacial score (nSPS) is 10.2. The molecule has 0 bridgehead atoms. The van der Waals surface area contributed by atoms with Crippen LogP contribution >= 0.6 is 0 Å². The summed E-state index contributed by atoms with van der Waals surface area (Å²) in [7, 11) is 1.59. The summed E-state index contributed by atoms with van der Waals surface area (Å²) in [5.74, 6) is -0.114. The molecule has 0 saturated carbocycles. The highest BCUT2D eigenvalue weighted by Crippen LogP contribution is 2.07. The molecule has 1 aromatic rings. The first-order chi connectivity index (χ1) is 6.15. The van der Waals surface area contributed by atoms with E-state index < -0.39 is 6.17 Å². The Balaban J connectivity index is 2.87. The zero-order chi connectivity index (χ0) is 9.84. The van der Waals surface area contributed by atoms with Crippen molar-refractivity contribution in [3.63, 3.8) is 0 Å². The van der Waals surface area contributed by atoms with Crippen LogP contribution in [0.3, 0.4) is 0 Å². The fraction of sp³-hybridized carbons (Fsp3) is 0.222. The lowest BCUT2D eigenvalue weighted by atomic mass is 10.1. The smallest absolute Gasteiger partial charge is 0.251 e. The lowest BCUT2D eigenvalue weighted by Crippen LogP contribution is -2.21. The topological polar surface area (TPSA) is 81.1 Å². The van der Waals surface area contributed by atoms with E-state index in [2.05, 4.69) is 5.32 Å². The minimum Gasteiger partial charge on any atom is -0.355 e. The molecule has 1 aromatic carbocycles. The predicted octanol–water partition coefficient (Wildman–Crippen LogP) is -0.0378. The standard InChI is InChI=1S/C9H13N3O/c1-12-9(13)7-4-2-6(3-5-7)8(10)11/h2-5,8H,10-11H2,1H3,(H,12,13). The molecule has 0 aliphatic rings. The van der Waals surface area contributed by atoms with Gasteiger partial charge in [-0.3, -0.25) is 4.79 Å². The van der Waals surface area contributed by atoms with E-state index in [1.165, 1.54) is 0 Å². The third-order valence-corrected chi connectivity index (χ3v) is 1.78. The maximum atomic E-state index is 11.1. The molecule has 1 amide bonds. The number of hydrogen-bond donors (Lipinski definition) is 3. The van der Waals surface area contributed by atoms with Crippen molar-refractivity contribution in [3.05, 3.63) is 35.4 Å². The highest BCUT2D eigenvalue weighted by molar-refractivity contribution is 5.93. The van der Waals surface area contributed by atoms with Crippen molar-refractivity contribution in [1.82, 2.24) is 5.32 Å². The molecule has 0 saturated heterocycles. The largest absolute Gasteiger partial charge is 0.355 e. The minimum absolute atomic E-state index is 0.114. The molecule has 4 nitrogen and oxygen atoms in total. The molecule has 0 atom stereocenters. The van der Waals surface area contributed by atoms with E-state index in [0.717, 1.165) is 5.56 Å². The summed E-state index contributed by atoms with van der Waals surface area (Å²) >= 11 is 0. The van der Waals surface area contributed by atoms with Crippen LogP contribution < -0.4 is 16.8 Å². The van der Waals surface area contributed by atoms with Crippen LogP contribution in [0.15, 0.2) is 24.3 Å². The van der Waals surface area contributed by atoms with Crippen molar-refractivity contribution in [1.29, 1.82) is 0 Å². The summed E-state index contributed by atoms with van der Waals surface area (Å²) in [6, 6.07) is 6.88. The maximum Gasteiger partial charge on any atom is 0.251 e. The molecule has 0 unspecified atom stereocenters. The first-order valence-electron chi connectivity index (χ1n) is 3.98. The van der Waals surface area contributed by atoms with Gasteiger partial charge in [0.15, 0.2) is 0 Å². The number of amides is 1. The first kappa shape index (κ1) is 9.70. The number of rotatable bonds is 2. The third kappa shape index (κ3) is 2.27. The Bertz CT molecular complexity index is 292. The van der Waals surface area contributed by atoms with Crippen LogP contribution in [-0.2, 0) is 0 Å². The molecule has 1 rings (SSSR count). The summed E-state index contributed by atoms with van der Waals surface area (Å²) in [6.07, 6.45) is -0.487. The van der Waals surface area contributed by atoms with Gasteiger partial charge in [-0.25, -0.2) is 0 Å². The molecule has 0 radical (unpaired) electrons. The van der Waals surface area contributed by atoms with Crippen molar-refractivity contribution >= 4 is 5.91 Å². The molecule has 0 fully saturated rings. The summed E-state index contributed by atoms with van der Waals surface area (Å²) in [6.45, 7) is 0. The fourth-order valence-corrected chi connectivity index (χ4v) is 1.00.